The zero-order chi connectivity index (χ0) is 9.84. The number of carbonyl (C=O) groups excluding carboxylic acids is 1. The fraction of sp³-hybridized carbons (Fsp3) is 0.125. The molecule has 0 radical (unpaired) electrons. The van der Waals surface area contributed by atoms with E-state index in [0.29, 0.717) is 10.6 Å². The molecule has 2 nitrogen and oxygen atoms in total. The van der Waals surface area contributed by atoms with Crippen LogP contribution >= 0.6 is 34.1 Å². The minimum atomic E-state index is -0.397. The van der Waals surface area contributed by atoms with Gasteiger partial charge in [-0.2, -0.15) is 0 Å². The Kier molecular flexibility index (Phi) is 3.96. The Morgan fingerprint density at radius 1 is 1.54 bits per heavy atom. The molecule has 70 valence electrons. The van der Waals surface area contributed by atoms with Gasteiger partial charge >= 0.3 is 5.97 Å². The van der Waals surface area contributed by atoms with Gasteiger partial charge in [0.25, 0.3) is 0 Å². The summed E-state index contributed by atoms with van der Waals surface area (Å²) in [5.74, 6) is -0.397. The number of carbonyl (C=O) groups is 1. The lowest BCUT2D eigenvalue weighted by Crippen LogP contribution is -2.00. The lowest BCUT2D eigenvalue weighted by atomic mass is 10.2. The number of thiol groups is 1. The highest BCUT2D eigenvalue weighted by Gasteiger charge is 2.07. The van der Waals surface area contributed by atoms with E-state index in [1.165, 1.54) is 17.9 Å². The Bertz CT molecular complexity index is 328. The predicted molar refractivity (Wildman–Crippen MR) is 57.6 cm³/mol. The number of ether oxygens (including phenoxy) is 1. The molecule has 1 aromatic carbocycles. The van der Waals surface area contributed by atoms with E-state index < -0.39 is 5.97 Å². The summed E-state index contributed by atoms with van der Waals surface area (Å²) in [5, 5.41) is 0.499. The zero-order valence-electron chi connectivity index (χ0n) is 6.78. The second-order valence-corrected chi connectivity index (χ2v) is 3.90. The number of hydrogen-bond donors (Lipinski definition) is 1. The first-order chi connectivity index (χ1) is 6.17. The van der Waals surface area contributed by atoms with Gasteiger partial charge in [0.05, 0.1) is 12.7 Å². The SMILES string of the molecule is COC(=O)c1cc(Cl)cc(SS)c1. The van der Waals surface area contributed by atoms with Crippen LogP contribution in [-0.2, 0) is 4.74 Å². The lowest BCUT2D eigenvalue weighted by Gasteiger charge is -2.02. The summed E-state index contributed by atoms with van der Waals surface area (Å²) in [6.45, 7) is 0. The summed E-state index contributed by atoms with van der Waals surface area (Å²) in [5.41, 5.74) is 0.437. The average Bonchev–Trinajstić information content (AvgIpc) is 2.15. The van der Waals surface area contributed by atoms with Gasteiger partial charge in [0.2, 0.25) is 0 Å². The summed E-state index contributed by atoms with van der Waals surface area (Å²) in [6.07, 6.45) is 0. The van der Waals surface area contributed by atoms with Crippen molar-refractivity contribution in [2.75, 3.05) is 7.11 Å². The second-order valence-electron chi connectivity index (χ2n) is 2.26. The monoisotopic (exact) mass is 234 g/mol. The van der Waals surface area contributed by atoms with Crippen molar-refractivity contribution in [1.82, 2.24) is 0 Å². The van der Waals surface area contributed by atoms with E-state index in [4.69, 9.17) is 11.6 Å². The first-order valence-corrected chi connectivity index (χ1v) is 5.62. The number of methoxy groups -OCH3 is 1. The van der Waals surface area contributed by atoms with Crippen molar-refractivity contribution in [3.8, 4) is 0 Å². The van der Waals surface area contributed by atoms with E-state index in [-0.39, 0.29) is 0 Å². The van der Waals surface area contributed by atoms with E-state index in [0.717, 1.165) is 4.90 Å². The molecule has 1 aromatic rings. The van der Waals surface area contributed by atoms with E-state index in [1.54, 1.807) is 18.2 Å². The molecule has 13 heavy (non-hydrogen) atoms. The summed E-state index contributed by atoms with van der Waals surface area (Å²) in [7, 11) is 2.56. The highest BCUT2D eigenvalue weighted by molar-refractivity contribution is 8.68. The fourth-order valence-electron chi connectivity index (χ4n) is 0.851. The number of hydrogen-bond acceptors (Lipinski definition) is 4. The average molecular weight is 235 g/mol. The van der Waals surface area contributed by atoms with Crippen molar-refractivity contribution in [3.05, 3.63) is 28.8 Å². The molecule has 0 bridgehead atoms. The van der Waals surface area contributed by atoms with Gasteiger partial charge in [0, 0.05) is 9.92 Å². The fourth-order valence-corrected chi connectivity index (χ4v) is 1.83. The number of halogens is 1. The maximum absolute atomic E-state index is 11.1. The highest BCUT2D eigenvalue weighted by atomic mass is 35.5. The van der Waals surface area contributed by atoms with Crippen molar-refractivity contribution in [1.29, 1.82) is 0 Å². The van der Waals surface area contributed by atoms with E-state index in [1.807, 2.05) is 0 Å². The smallest absolute Gasteiger partial charge is 0.337 e. The standard InChI is InChI=1S/C8H7ClO2S2/c1-11-8(10)5-2-6(9)4-7(3-5)13-12/h2-4,12H,1H3. The molecule has 0 aliphatic heterocycles. The van der Waals surface area contributed by atoms with Gasteiger partial charge in [-0.1, -0.05) is 22.4 Å². The molecular weight excluding hydrogens is 228 g/mol. The molecule has 1 rings (SSSR count). The third kappa shape index (κ3) is 2.83. The molecule has 0 atom stereocenters. The summed E-state index contributed by atoms with van der Waals surface area (Å²) in [6, 6.07) is 4.96. The van der Waals surface area contributed by atoms with Gasteiger partial charge < -0.3 is 4.74 Å². The van der Waals surface area contributed by atoms with Gasteiger partial charge in [0.15, 0.2) is 0 Å². The van der Waals surface area contributed by atoms with Crippen LogP contribution in [0.15, 0.2) is 23.1 Å². The van der Waals surface area contributed by atoms with E-state index in [9.17, 15) is 4.79 Å². The van der Waals surface area contributed by atoms with Gasteiger partial charge in [-0.05, 0) is 18.2 Å². The Morgan fingerprint density at radius 3 is 2.77 bits per heavy atom. The second kappa shape index (κ2) is 4.79. The molecule has 0 spiro atoms. The maximum Gasteiger partial charge on any atom is 0.337 e. The van der Waals surface area contributed by atoms with E-state index >= 15 is 0 Å². The molecule has 0 amide bonds. The number of rotatable bonds is 2. The summed E-state index contributed by atoms with van der Waals surface area (Å²) < 4.78 is 4.56. The normalized spacial score (nSPS) is 9.77. The van der Waals surface area contributed by atoms with Crippen LogP contribution < -0.4 is 0 Å². The topological polar surface area (TPSA) is 26.3 Å². The van der Waals surface area contributed by atoms with Crippen molar-refractivity contribution < 1.29 is 9.53 Å². The molecule has 0 aliphatic carbocycles. The molecule has 0 heterocycles. The lowest BCUT2D eigenvalue weighted by molar-refractivity contribution is 0.0600. The van der Waals surface area contributed by atoms with Gasteiger partial charge in [-0.25, -0.2) is 4.79 Å². The van der Waals surface area contributed by atoms with Crippen LogP contribution in [0, 0.1) is 0 Å². The minimum Gasteiger partial charge on any atom is -0.465 e. The molecule has 5 heteroatoms. The molecule has 0 unspecified atom stereocenters. The van der Waals surface area contributed by atoms with Crippen molar-refractivity contribution in [2.24, 2.45) is 0 Å². The van der Waals surface area contributed by atoms with Crippen LogP contribution in [-0.4, -0.2) is 13.1 Å². The number of benzene rings is 1. The van der Waals surface area contributed by atoms with Crippen LogP contribution in [0.1, 0.15) is 10.4 Å². The van der Waals surface area contributed by atoms with Crippen LogP contribution in [0.25, 0.3) is 0 Å². The van der Waals surface area contributed by atoms with Gasteiger partial charge in [0.1, 0.15) is 0 Å². The number of esters is 1. The predicted octanol–water partition coefficient (Wildman–Crippen LogP) is 3.06. The van der Waals surface area contributed by atoms with E-state index in [2.05, 4.69) is 16.4 Å². The Hall–Kier alpha value is -0.320. The molecular formula is C8H7ClO2S2. The maximum atomic E-state index is 11.1. The molecule has 0 saturated carbocycles. The molecule has 0 saturated heterocycles. The Labute approximate surface area is 90.4 Å². The molecule has 0 N–H and O–H groups in total. The highest BCUT2D eigenvalue weighted by Crippen LogP contribution is 2.26. The quantitative estimate of drug-likeness (QED) is 0.484. The Morgan fingerprint density at radius 2 is 2.23 bits per heavy atom. The van der Waals surface area contributed by atoms with Gasteiger partial charge in [-0.15, -0.1) is 11.7 Å². The van der Waals surface area contributed by atoms with Gasteiger partial charge in [-0.3, -0.25) is 0 Å². The zero-order valence-corrected chi connectivity index (χ0v) is 9.25. The van der Waals surface area contributed by atoms with Crippen molar-refractivity contribution >= 4 is 40.0 Å². The first-order valence-electron chi connectivity index (χ1n) is 3.37. The van der Waals surface area contributed by atoms with Crippen LogP contribution in [0.3, 0.4) is 0 Å². The van der Waals surface area contributed by atoms with Crippen LogP contribution in [0.2, 0.25) is 5.02 Å². The van der Waals surface area contributed by atoms with Crippen LogP contribution in [0.4, 0.5) is 0 Å². The van der Waals surface area contributed by atoms with Crippen molar-refractivity contribution in [2.45, 2.75) is 4.90 Å². The molecule has 0 aromatic heterocycles. The molecule has 0 aliphatic rings. The summed E-state index contributed by atoms with van der Waals surface area (Å²) in [4.78, 5) is 11.9. The van der Waals surface area contributed by atoms with Crippen molar-refractivity contribution in [3.63, 3.8) is 0 Å². The minimum absolute atomic E-state index is 0.397. The third-order valence-corrected chi connectivity index (χ3v) is 2.69. The van der Waals surface area contributed by atoms with Crippen LogP contribution in [0.5, 0.6) is 0 Å². The Balaban J connectivity index is 3.08. The third-order valence-electron chi connectivity index (χ3n) is 1.40. The summed E-state index contributed by atoms with van der Waals surface area (Å²) >= 11 is 9.78. The largest absolute Gasteiger partial charge is 0.465 e. The first kappa shape index (κ1) is 10.8. The molecule has 0 fully saturated rings.